The van der Waals surface area contributed by atoms with E-state index in [1.807, 2.05) is 27.9 Å². The maximum atomic E-state index is 12.0. The maximum absolute atomic E-state index is 12.0. The van der Waals surface area contributed by atoms with Crippen LogP contribution in [-0.2, 0) is 4.79 Å². The molecule has 2 rings (SSSR count). The number of nitrogens with one attached hydrogen (secondary N) is 1. The minimum absolute atomic E-state index is 0.0371. The summed E-state index contributed by atoms with van der Waals surface area (Å²) in [4.78, 5) is 16.5. The molecule has 1 atom stereocenters. The number of amides is 1. The van der Waals surface area contributed by atoms with Gasteiger partial charge in [0.25, 0.3) is 0 Å². The Morgan fingerprint density at radius 3 is 2.33 bits per heavy atom. The molecule has 1 aromatic rings. The predicted octanol–water partition coefficient (Wildman–Crippen LogP) is 2.24. The second-order valence-corrected chi connectivity index (χ2v) is 7.26. The van der Waals surface area contributed by atoms with Gasteiger partial charge < -0.3 is 20.2 Å². The molecule has 0 saturated carbocycles. The van der Waals surface area contributed by atoms with Gasteiger partial charge in [0.15, 0.2) is 0 Å². The van der Waals surface area contributed by atoms with Gasteiger partial charge in [0, 0.05) is 44.6 Å². The number of piperidine rings is 1. The molecule has 0 aliphatic carbocycles. The van der Waals surface area contributed by atoms with Crippen molar-refractivity contribution in [2.75, 3.05) is 37.0 Å². The highest BCUT2D eigenvalue weighted by Gasteiger charge is 2.22. The molecule has 0 aromatic heterocycles. The third-order valence-electron chi connectivity index (χ3n) is 4.76. The van der Waals surface area contributed by atoms with Crippen molar-refractivity contribution < 1.29 is 9.90 Å². The number of rotatable bonds is 6. The van der Waals surface area contributed by atoms with E-state index >= 15 is 0 Å². The van der Waals surface area contributed by atoms with Gasteiger partial charge in [0.05, 0.1) is 12.5 Å². The molecule has 1 amide bonds. The van der Waals surface area contributed by atoms with Crippen molar-refractivity contribution in [2.45, 2.75) is 45.3 Å². The lowest BCUT2D eigenvalue weighted by atomic mass is 10.0. The lowest BCUT2D eigenvalue weighted by Gasteiger charge is -2.34. The minimum Gasteiger partial charge on any atom is -0.392 e. The number of nitrogens with zero attached hydrogens (tertiary/aromatic N) is 2. The van der Waals surface area contributed by atoms with Gasteiger partial charge in [-0.15, -0.1) is 0 Å². The molecule has 1 saturated heterocycles. The molecule has 0 radical (unpaired) electrons. The Morgan fingerprint density at radius 1 is 1.25 bits per heavy atom. The zero-order chi connectivity index (χ0) is 17.7. The first-order valence-corrected chi connectivity index (χ1v) is 8.86. The van der Waals surface area contributed by atoms with Crippen molar-refractivity contribution >= 4 is 17.3 Å². The third kappa shape index (κ3) is 5.13. The van der Waals surface area contributed by atoms with Crippen LogP contribution >= 0.6 is 0 Å². The van der Waals surface area contributed by atoms with E-state index in [0.717, 1.165) is 25.9 Å². The lowest BCUT2D eigenvalue weighted by Crippen LogP contribution is -2.45. The Hall–Kier alpha value is -1.75. The molecule has 1 heterocycles. The van der Waals surface area contributed by atoms with Crippen LogP contribution in [0.3, 0.4) is 0 Å². The number of hydrogen-bond donors (Lipinski definition) is 2. The van der Waals surface area contributed by atoms with Crippen molar-refractivity contribution in [3.05, 3.63) is 24.3 Å². The lowest BCUT2D eigenvalue weighted by molar-refractivity contribution is -0.124. The number of aliphatic hydroxyl groups is 1. The summed E-state index contributed by atoms with van der Waals surface area (Å²) in [6.07, 6.45) is 1.53. The standard InChI is InChI=1S/C19H31N3O2/c1-14(2)18(23)13-19(24)20-15-9-11-22(12-10-15)17-7-5-16(6-8-17)21(3)4/h5-8,14-15,18,23H,9-13H2,1-4H3,(H,20,24). The van der Waals surface area contributed by atoms with Crippen LogP contribution in [0.4, 0.5) is 11.4 Å². The number of carbonyl (C=O) groups excluding carboxylic acids is 1. The summed E-state index contributed by atoms with van der Waals surface area (Å²) >= 11 is 0. The monoisotopic (exact) mass is 333 g/mol. The SMILES string of the molecule is CC(C)C(O)CC(=O)NC1CCN(c2ccc(N(C)C)cc2)CC1. The predicted molar refractivity (Wildman–Crippen MR) is 99.6 cm³/mol. The van der Waals surface area contributed by atoms with Gasteiger partial charge in [-0.25, -0.2) is 0 Å². The van der Waals surface area contributed by atoms with Crippen molar-refractivity contribution in [1.82, 2.24) is 5.32 Å². The van der Waals surface area contributed by atoms with Crippen molar-refractivity contribution in [3.63, 3.8) is 0 Å². The number of carbonyl (C=O) groups is 1. The van der Waals surface area contributed by atoms with E-state index < -0.39 is 6.10 Å². The van der Waals surface area contributed by atoms with Gasteiger partial charge in [-0.1, -0.05) is 13.8 Å². The zero-order valence-electron chi connectivity index (χ0n) is 15.3. The molecule has 1 aromatic carbocycles. The Bertz CT molecular complexity index is 520. The highest BCUT2D eigenvalue weighted by Crippen LogP contribution is 2.23. The molecule has 5 heteroatoms. The second kappa shape index (κ2) is 8.38. The number of hydrogen-bond acceptors (Lipinski definition) is 4. The summed E-state index contributed by atoms with van der Waals surface area (Å²) in [6, 6.07) is 8.81. The smallest absolute Gasteiger partial charge is 0.222 e. The first kappa shape index (κ1) is 18.6. The summed E-state index contributed by atoms with van der Waals surface area (Å²) in [5.41, 5.74) is 2.44. The quantitative estimate of drug-likeness (QED) is 0.838. The molecule has 0 bridgehead atoms. The van der Waals surface area contributed by atoms with Crippen LogP contribution in [0.15, 0.2) is 24.3 Å². The number of anilines is 2. The average molecular weight is 333 g/mol. The van der Waals surface area contributed by atoms with Crippen LogP contribution in [0.1, 0.15) is 33.1 Å². The molecule has 1 unspecified atom stereocenters. The van der Waals surface area contributed by atoms with E-state index in [9.17, 15) is 9.90 Å². The average Bonchev–Trinajstić information content (AvgIpc) is 2.55. The van der Waals surface area contributed by atoms with Crippen molar-refractivity contribution in [3.8, 4) is 0 Å². The molecule has 5 nitrogen and oxygen atoms in total. The Morgan fingerprint density at radius 2 is 1.83 bits per heavy atom. The molecule has 24 heavy (non-hydrogen) atoms. The normalized spacial score (nSPS) is 17.0. The fraction of sp³-hybridized carbons (Fsp3) is 0.632. The highest BCUT2D eigenvalue weighted by atomic mass is 16.3. The van der Waals surface area contributed by atoms with Crippen molar-refractivity contribution in [2.24, 2.45) is 5.92 Å². The Labute approximate surface area is 145 Å². The van der Waals surface area contributed by atoms with E-state index in [-0.39, 0.29) is 24.3 Å². The van der Waals surface area contributed by atoms with Gasteiger partial charge in [-0.05, 0) is 43.0 Å². The van der Waals surface area contributed by atoms with Gasteiger partial charge in [-0.3, -0.25) is 4.79 Å². The van der Waals surface area contributed by atoms with E-state index in [0.29, 0.717) is 0 Å². The van der Waals surface area contributed by atoms with Gasteiger partial charge in [0.2, 0.25) is 5.91 Å². The third-order valence-corrected chi connectivity index (χ3v) is 4.76. The molecule has 134 valence electrons. The van der Waals surface area contributed by atoms with Crippen LogP contribution in [-0.4, -0.2) is 50.3 Å². The largest absolute Gasteiger partial charge is 0.392 e. The van der Waals surface area contributed by atoms with E-state index in [1.54, 1.807) is 0 Å². The van der Waals surface area contributed by atoms with Crippen molar-refractivity contribution in [1.29, 1.82) is 0 Å². The molecule has 0 spiro atoms. The molecular formula is C19H31N3O2. The minimum atomic E-state index is -0.555. The van der Waals surface area contributed by atoms with Gasteiger partial charge in [-0.2, -0.15) is 0 Å². The zero-order valence-corrected chi connectivity index (χ0v) is 15.3. The summed E-state index contributed by atoms with van der Waals surface area (Å²) in [7, 11) is 4.08. The van der Waals surface area contributed by atoms with Crippen LogP contribution in [0.5, 0.6) is 0 Å². The Kier molecular flexibility index (Phi) is 6.49. The number of aliphatic hydroxyl groups excluding tert-OH is 1. The van der Waals surface area contributed by atoms with Crippen LogP contribution in [0.2, 0.25) is 0 Å². The first-order chi connectivity index (χ1) is 11.4. The van der Waals surface area contributed by atoms with Gasteiger partial charge >= 0.3 is 0 Å². The Balaban J connectivity index is 1.79. The fourth-order valence-corrected chi connectivity index (χ4v) is 2.96. The summed E-state index contributed by atoms with van der Waals surface area (Å²) in [5, 5.41) is 12.9. The fourth-order valence-electron chi connectivity index (χ4n) is 2.96. The van der Waals surface area contributed by atoms with E-state index in [1.165, 1.54) is 11.4 Å². The van der Waals surface area contributed by atoms with E-state index in [2.05, 4.69) is 39.4 Å². The highest BCUT2D eigenvalue weighted by molar-refractivity contribution is 5.76. The van der Waals surface area contributed by atoms with Gasteiger partial charge in [0.1, 0.15) is 0 Å². The van der Waals surface area contributed by atoms with Crippen LogP contribution < -0.4 is 15.1 Å². The van der Waals surface area contributed by atoms with Crippen LogP contribution in [0.25, 0.3) is 0 Å². The molecule has 1 aliphatic heterocycles. The molecule has 1 fully saturated rings. The number of benzene rings is 1. The molecule has 1 aliphatic rings. The first-order valence-electron chi connectivity index (χ1n) is 8.86. The summed E-state index contributed by atoms with van der Waals surface area (Å²) < 4.78 is 0. The summed E-state index contributed by atoms with van der Waals surface area (Å²) in [6.45, 7) is 5.74. The summed E-state index contributed by atoms with van der Waals surface area (Å²) in [5.74, 6) is 0.0766. The van der Waals surface area contributed by atoms with Crippen LogP contribution in [0, 0.1) is 5.92 Å². The topological polar surface area (TPSA) is 55.8 Å². The maximum Gasteiger partial charge on any atom is 0.222 e. The molecule has 2 N–H and O–H groups in total. The van der Waals surface area contributed by atoms with E-state index in [4.69, 9.17) is 0 Å². The molecular weight excluding hydrogens is 302 g/mol. The second-order valence-electron chi connectivity index (χ2n) is 7.26.